The second-order valence-corrected chi connectivity index (χ2v) is 48.8. The molecule has 8 aromatic heterocycles. The summed E-state index contributed by atoms with van der Waals surface area (Å²) in [6.45, 7) is 87.5. The van der Waals surface area contributed by atoms with Crippen LogP contribution in [-0.4, -0.2) is 193 Å². The molecule has 12 rings (SSSR count). The number of nitrogens with zero attached hydrogens (tertiary/aromatic N) is 14. The topological polar surface area (TPSA) is 285 Å². The number of carbonyl (C=O) groups excluding carboxylic acids is 3. The number of nitrogens with one attached hydrogen (secondary N) is 3. The Bertz CT molecular complexity index is 4930. The maximum absolute atomic E-state index is 12.1. The van der Waals surface area contributed by atoms with Gasteiger partial charge in [-0.2, -0.15) is 15.3 Å². The fourth-order valence-corrected chi connectivity index (χ4v) is 14.5. The summed E-state index contributed by atoms with van der Waals surface area (Å²) in [5, 5.41) is 50.3. The SMILES string of the molecule is CC(C)(C)c1ccc(CC(=O)CN2CCOCC2)nc1.CC(C)(C)c1ccc(N2CCCCC2)nc1.CC(C)(O)CCc1ccc(C(C)(C)C)cn1.CC1CCN(CC(=O)Nc2ccc(C(C)(C)C)cn2)CC1.CCCNC(=O)c1ccc(C(C)(C)C)cc1.CCCNc1ccc(C(C)(C)C)cn1.CCCn1cc(C(C)(C)C)cn1.CC[C@@H](O)Cn1cc(C(C)(C)C)cn1.CC[C@H](O)Cn1cc(C(C)(C)C)cn1. The van der Waals surface area contributed by atoms with E-state index in [2.05, 4.69) is 327 Å². The number of likely N-dealkylation sites (tertiary alicyclic amines) is 1. The predicted octanol–water partition coefficient (Wildman–Crippen LogP) is 24.1. The number of hydrogen-bond acceptors (Lipinski definition) is 19. The highest BCUT2D eigenvalue weighted by atomic mass is 16.5. The summed E-state index contributed by atoms with van der Waals surface area (Å²) in [5.41, 5.74) is 14.6. The van der Waals surface area contributed by atoms with E-state index in [0.29, 0.717) is 38.4 Å². The molecule has 3 saturated heterocycles. The van der Waals surface area contributed by atoms with Crippen molar-refractivity contribution in [2.75, 3.05) is 94.2 Å². The lowest BCUT2D eigenvalue weighted by atomic mass is 9.87. The van der Waals surface area contributed by atoms with Crippen LogP contribution in [0.5, 0.6) is 0 Å². The first kappa shape index (κ1) is 126. The first-order chi connectivity index (χ1) is 66.4. The van der Waals surface area contributed by atoms with Gasteiger partial charge in [-0.05, 0) is 251 Å². The second kappa shape index (κ2) is 59.4. The van der Waals surface area contributed by atoms with Gasteiger partial charge in [-0.1, -0.05) is 271 Å². The minimum absolute atomic E-state index is 0.0160. The molecule has 0 unspecified atom stereocenters. The highest BCUT2D eigenvalue weighted by Gasteiger charge is 2.26. The maximum Gasteiger partial charge on any atom is 0.251 e. The smallest absolute Gasteiger partial charge is 0.251 e. The van der Waals surface area contributed by atoms with Crippen LogP contribution in [0, 0.1) is 5.92 Å². The van der Waals surface area contributed by atoms with Gasteiger partial charge in [-0.15, -0.1) is 0 Å². The third kappa shape index (κ3) is 51.0. The van der Waals surface area contributed by atoms with Crippen molar-refractivity contribution in [3.63, 3.8) is 0 Å². The maximum atomic E-state index is 12.1. The molecule has 11 heterocycles. The summed E-state index contributed by atoms with van der Waals surface area (Å²) in [7, 11) is 0. The van der Waals surface area contributed by atoms with Crippen molar-refractivity contribution >= 4 is 35.1 Å². The van der Waals surface area contributed by atoms with Gasteiger partial charge in [0.2, 0.25) is 5.91 Å². The van der Waals surface area contributed by atoms with Crippen LogP contribution in [0.25, 0.3) is 0 Å². The van der Waals surface area contributed by atoms with E-state index in [1.165, 1.54) is 95.3 Å². The third-order valence-corrected chi connectivity index (χ3v) is 25.1. The van der Waals surface area contributed by atoms with Crippen LogP contribution in [0.15, 0.2) is 153 Å². The Kier molecular flexibility index (Phi) is 52.3. The van der Waals surface area contributed by atoms with Gasteiger partial charge in [0, 0.05) is 112 Å². The van der Waals surface area contributed by atoms with E-state index in [-0.39, 0.29) is 78.5 Å². The largest absolute Gasteiger partial charge is 0.391 e. The Morgan fingerprint density at radius 2 is 0.790 bits per heavy atom. The second-order valence-electron chi connectivity index (χ2n) is 48.8. The zero-order valence-corrected chi connectivity index (χ0v) is 95.7. The molecular formula is C119H195N17O7. The number of hydrogen-bond donors (Lipinski definition) is 6. The van der Waals surface area contributed by atoms with E-state index in [9.17, 15) is 29.7 Å². The molecule has 1 aromatic carbocycles. The quantitative estimate of drug-likeness (QED) is 0.0310. The molecule has 24 heteroatoms. The normalized spacial score (nSPS) is 14.6. The van der Waals surface area contributed by atoms with E-state index in [4.69, 9.17) is 4.74 Å². The first-order valence-corrected chi connectivity index (χ1v) is 53.1. The van der Waals surface area contributed by atoms with Crippen molar-refractivity contribution in [2.45, 2.75) is 412 Å². The Morgan fingerprint density at radius 1 is 0.406 bits per heavy atom. The molecule has 9 aromatic rings. The number of anilines is 3. The van der Waals surface area contributed by atoms with Crippen LogP contribution in [0.2, 0.25) is 0 Å². The number of Topliss-reactive ketones (excluding diaryl/α,β-unsaturated/α-hetero) is 1. The van der Waals surface area contributed by atoms with Crippen LogP contribution < -0.4 is 20.9 Å². The standard InChI is InChI=1S/C17H27N3O.C16H24N2O2.C14H22N2.C14H23NO.C14H21NO.C12H20N2.2C11H20N2O.C10H18N2/c1-13-7-9-20(10-8-13)12-16(21)19-15-6-5-14(11-18-15)17(2,3)4;1-16(2,3)13-4-5-14(17-11-13)10-15(19)12-18-6-8-20-9-7-18;1-14(2,3)12-7-8-13(15-11-12)16-9-5-4-6-10-16;1-13(2,3)11-6-7-12(15-10-11)8-9-14(4,5)16;1-5-10-15-13(16)11-6-8-12(9-7-11)14(2,3)4;1-5-8-13-11-7-6-10(9-14-11)12(2,3)4;2*1-5-10(14)8-13-7-9(6-12-13)11(2,3)4;1-5-6-12-8-9(7-11-12)10(2,3)4/h5-6,11,13H,7-10,12H2,1-4H3,(H,18,19,21);4-5,11H,6-10,12H2,1-3H3;7-8,11H,4-6,9-10H2,1-3H3;6-7,10,16H,8-9H2,1-5H3;6-9H,5,10H2,1-4H3,(H,15,16);6-7,9H,5,8H2,1-4H3,(H,13,14);2*6-7,10,14H,5,8H2,1-4H3;7-8H,5-6H2,1-4H3/t;;;;;;2*10-;/m......10./s1. The molecule has 3 aliphatic rings. The number of aryl methyl sites for hydroxylation is 2. The van der Waals surface area contributed by atoms with E-state index in [0.717, 1.165) is 138 Å². The zero-order chi connectivity index (χ0) is 108. The summed E-state index contributed by atoms with van der Waals surface area (Å²) in [6, 6.07) is 28.6. The number of piperidine rings is 2. The minimum atomic E-state index is -0.607. The predicted molar refractivity (Wildman–Crippen MR) is 597 cm³/mol. The van der Waals surface area contributed by atoms with E-state index in [1.807, 2.05) is 153 Å². The molecule has 0 saturated carbocycles. The van der Waals surface area contributed by atoms with Gasteiger partial charge in [0.05, 0.1) is 82.2 Å². The summed E-state index contributed by atoms with van der Waals surface area (Å²) in [5.74, 6) is 3.81. The van der Waals surface area contributed by atoms with Crippen molar-refractivity contribution in [1.82, 2.24) is 69.4 Å². The average Bonchev–Trinajstić information content (AvgIpc) is 1.47. The molecule has 3 aliphatic heterocycles. The van der Waals surface area contributed by atoms with Gasteiger partial charge >= 0.3 is 0 Å². The molecule has 6 N–H and O–H groups in total. The first-order valence-electron chi connectivity index (χ1n) is 53.1. The van der Waals surface area contributed by atoms with Gasteiger partial charge in [-0.3, -0.25) is 48.2 Å². The number of ether oxygens (including phenoxy) is 1. The lowest BCUT2D eigenvalue weighted by molar-refractivity contribution is -0.120. The number of benzene rings is 1. The number of aliphatic hydroxyl groups is 3. The summed E-state index contributed by atoms with van der Waals surface area (Å²) in [6.07, 6.45) is 34.1. The van der Waals surface area contributed by atoms with E-state index >= 15 is 0 Å². The lowest BCUT2D eigenvalue weighted by Gasteiger charge is -2.29. The number of rotatable bonds is 25. The molecule has 0 bridgehead atoms. The molecule has 0 spiro atoms. The van der Waals surface area contributed by atoms with Crippen molar-refractivity contribution in [1.29, 1.82) is 0 Å². The zero-order valence-electron chi connectivity index (χ0n) is 95.7. The lowest BCUT2D eigenvalue weighted by Crippen LogP contribution is -2.40. The van der Waals surface area contributed by atoms with Gasteiger partial charge in [-0.25, -0.2) is 15.0 Å². The number of carbonyl (C=O) groups is 3. The minimum Gasteiger partial charge on any atom is -0.391 e. The molecule has 143 heavy (non-hydrogen) atoms. The van der Waals surface area contributed by atoms with Gasteiger partial charge in [0.25, 0.3) is 5.91 Å². The van der Waals surface area contributed by atoms with Crippen LogP contribution in [0.3, 0.4) is 0 Å². The molecule has 24 nitrogen and oxygen atoms in total. The number of amides is 2. The van der Waals surface area contributed by atoms with Crippen LogP contribution >= 0.6 is 0 Å². The number of aliphatic hydroxyl groups excluding tert-OH is 2. The van der Waals surface area contributed by atoms with Crippen LogP contribution in [0.4, 0.5) is 17.5 Å². The van der Waals surface area contributed by atoms with Crippen LogP contribution in [-0.2, 0) is 95.5 Å². The highest BCUT2D eigenvalue weighted by Crippen LogP contribution is 2.31. The number of ketones is 1. The number of morpholine rings is 1. The summed E-state index contributed by atoms with van der Waals surface area (Å²) < 4.78 is 10.9. The van der Waals surface area contributed by atoms with Gasteiger partial charge in [0.15, 0.2) is 5.78 Å². The van der Waals surface area contributed by atoms with Crippen molar-refractivity contribution < 1.29 is 34.4 Å². The number of aromatic nitrogens is 11. The van der Waals surface area contributed by atoms with Crippen LogP contribution in [0.1, 0.15) is 385 Å². The van der Waals surface area contributed by atoms with Gasteiger partial charge in [0.1, 0.15) is 17.5 Å². The van der Waals surface area contributed by atoms with Crippen molar-refractivity contribution in [3.8, 4) is 0 Å². The van der Waals surface area contributed by atoms with E-state index < -0.39 is 5.60 Å². The molecular weight excluding hydrogens is 1780 g/mol. The number of pyridine rings is 5. The monoisotopic (exact) mass is 1970 g/mol. The Morgan fingerprint density at radius 3 is 1.16 bits per heavy atom. The molecule has 0 aliphatic carbocycles. The summed E-state index contributed by atoms with van der Waals surface area (Å²) >= 11 is 0. The molecule has 3 fully saturated rings. The van der Waals surface area contributed by atoms with Crippen molar-refractivity contribution in [3.05, 3.63) is 220 Å². The molecule has 2 amide bonds. The molecule has 798 valence electrons. The van der Waals surface area contributed by atoms with Gasteiger partial charge < -0.3 is 40.9 Å². The fourth-order valence-electron chi connectivity index (χ4n) is 14.5. The third-order valence-electron chi connectivity index (χ3n) is 25.1. The molecule has 0 radical (unpaired) electrons. The fraction of sp³-hybridized carbons (Fsp3) is 0.639. The summed E-state index contributed by atoms with van der Waals surface area (Å²) in [4.78, 5) is 64.7. The molecule has 2 atom stereocenters. The highest BCUT2D eigenvalue weighted by molar-refractivity contribution is 5.94. The Labute approximate surface area is 866 Å². The van der Waals surface area contributed by atoms with E-state index in [1.54, 1.807) is 0 Å². The van der Waals surface area contributed by atoms with Crippen molar-refractivity contribution in [2.24, 2.45) is 5.92 Å². The Balaban J connectivity index is 0.000000337. The Hall–Kier alpha value is -9.43. The average molecular weight is 1980 g/mol.